The second-order valence-corrected chi connectivity index (χ2v) is 8.81. The summed E-state index contributed by atoms with van der Waals surface area (Å²) in [6.45, 7) is 7.07. The fourth-order valence-corrected chi connectivity index (χ4v) is 4.54. The van der Waals surface area contributed by atoms with Gasteiger partial charge in [0.1, 0.15) is 5.75 Å². The fourth-order valence-electron chi connectivity index (χ4n) is 3.01. The van der Waals surface area contributed by atoms with Crippen LogP contribution < -0.4 is 9.46 Å². The number of amides is 1. The number of benzene rings is 1. The molecule has 0 saturated carbocycles. The molecule has 7 heteroatoms. The van der Waals surface area contributed by atoms with Crippen LogP contribution in [0.3, 0.4) is 0 Å². The Morgan fingerprint density at radius 2 is 1.96 bits per heavy atom. The molecule has 1 aliphatic heterocycles. The van der Waals surface area contributed by atoms with E-state index in [1.807, 2.05) is 39.0 Å². The highest BCUT2D eigenvalue weighted by Crippen LogP contribution is 2.21. The van der Waals surface area contributed by atoms with Crippen molar-refractivity contribution < 1.29 is 17.9 Å². The van der Waals surface area contributed by atoms with E-state index in [-0.39, 0.29) is 24.3 Å². The predicted molar refractivity (Wildman–Crippen MR) is 103 cm³/mol. The molecule has 0 aromatic heterocycles. The molecule has 1 N–H and O–H groups in total. The topological polar surface area (TPSA) is 75.7 Å². The van der Waals surface area contributed by atoms with Gasteiger partial charge < -0.3 is 9.64 Å². The summed E-state index contributed by atoms with van der Waals surface area (Å²) in [7, 11) is -3.21. The Morgan fingerprint density at radius 1 is 1.27 bits per heavy atom. The van der Waals surface area contributed by atoms with Gasteiger partial charge >= 0.3 is 0 Å². The normalized spacial score (nSPS) is 15.9. The highest BCUT2D eigenvalue weighted by Gasteiger charge is 2.26. The number of unbranched alkanes of at least 4 members (excludes halogenated alkanes) is 1. The smallest absolute Gasteiger partial charge is 0.260 e. The molecule has 2 rings (SSSR count). The average Bonchev–Trinajstić information content (AvgIpc) is 2.61. The molecule has 6 nitrogen and oxygen atoms in total. The molecule has 1 aliphatic rings. The zero-order valence-electron chi connectivity index (χ0n) is 16.0. The predicted octanol–water partition coefficient (Wildman–Crippen LogP) is 2.39. The van der Waals surface area contributed by atoms with E-state index in [2.05, 4.69) is 4.72 Å². The van der Waals surface area contributed by atoms with Crippen LogP contribution in [0.25, 0.3) is 0 Å². The first-order valence-corrected chi connectivity index (χ1v) is 10.9. The molecular formula is C19H30N2O4S. The second-order valence-electron chi connectivity index (χ2n) is 6.93. The van der Waals surface area contributed by atoms with Crippen molar-refractivity contribution in [2.75, 3.05) is 25.4 Å². The van der Waals surface area contributed by atoms with E-state index in [1.165, 1.54) is 0 Å². The molecule has 26 heavy (non-hydrogen) atoms. The lowest BCUT2D eigenvalue weighted by molar-refractivity contribution is -0.134. The average molecular weight is 383 g/mol. The summed E-state index contributed by atoms with van der Waals surface area (Å²) < 4.78 is 32.4. The van der Waals surface area contributed by atoms with Crippen LogP contribution in [0.5, 0.6) is 5.75 Å². The van der Waals surface area contributed by atoms with Crippen LogP contribution >= 0.6 is 0 Å². The quantitative estimate of drug-likeness (QED) is 0.749. The summed E-state index contributed by atoms with van der Waals surface area (Å²) in [5.41, 5.74) is 2.17. The molecule has 1 fully saturated rings. The molecule has 0 bridgehead atoms. The highest BCUT2D eigenvalue weighted by molar-refractivity contribution is 7.89. The lowest BCUT2D eigenvalue weighted by atomic mass is 10.1. The Morgan fingerprint density at radius 3 is 2.62 bits per heavy atom. The number of carbonyl (C=O) groups is 1. The minimum Gasteiger partial charge on any atom is -0.483 e. The Balaban J connectivity index is 1.78. The first-order chi connectivity index (χ1) is 12.3. The molecular weight excluding hydrogens is 352 g/mol. The number of hydrogen-bond acceptors (Lipinski definition) is 4. The second kappa shape index (κ2) is 9.37. The maximum atomic E-state index is 12.4. The molecule has 0 spiro atoms. The van der Waals surface area contributed by atoms with Crippen molar-refractivity contribution in [2.24, 2.45) is 0 Å². The van der Waals surface area contributed by atoms with Gasteiger partial charge in [-0.3, -0.25) is 4.79 Å². The summed E-state index contributed by atoms with van der Waals surface area (Å²) in [5, 5.41) is 0. The number of ether oxygens (including phenoxy) is 1. The van der Waals surface area contributed by atoms with Crippen molar-refractivity contribution in [1.29, 1.82) is 0 Å². The van der Waals surface area contributed by atoms with Crippen LogP contribution in [-0.4, -0.2) is 50.7 Å². The number of likely N-dealkylation sites (tertiary alicyclic amines) is 1. The Bertz CT molecular complexity index is 710. The van der Waals surface area contributed by atoms with Crippen molar-refractivity contribution in [1.82, 2.24) is 9.62 Å². The Kier molecular flexibility index (Phi) is 7.46. The lowest BCUT2D eigenvalue weighted by Gasteiger charge is -2.32. The van der Waals surface area contributed by atoms with E-state index in [1.54, 1.807) is 4.90 Å². The number of piperidine rings is 1. The minimum atomic E-state index is -3.21. The van der Waals surface area contributed by atoms with Gasteiger partial charge in [0.15, 0.2) is 6.61 Å². The van der Waals surface area contributed by atoms with Gasteiger partial charge in [-0.25, -0.2) is 13.1 Å². The zero-order chi connectivity index (χ0) is 19.2. The van der Waals surface area contributed by atoms with Crippen LogP contribution in [-0.2, 0) is 14.8 Å². The molecule has 0 atom stereocenters. The van der Waals surface area contributed by atoms with E-state index in [0.29, 0.717) is 32.4 Å². The lowest BCUT2D eigenvalue weighted by Crippen LogP contribution is -2.48. The van der Waals surface area contributed by atoms with E-state index in [9.17, 15) is 13.2 Å². The van der Waals surface area contributed by atoms with Crippen LogP contribution in [0.4, 0.5) is 0 Å². The van der Waals surface area contributed by atoms with Crippen molar-refractivity contribution >= 4 is 15.9 Å². The van der Waals surface area contributed by atoms with Crippen LogP contribution in [0, 0.1) is 13.8 Å². The summed E-state index contributed by atoms with van der Waals surface area (Å²) in [4.78, 5) is 14.1. The third kappa shape index (κ3) is 5.99. The number of carbonyl (C=O) groups excluding carboxylic acids is 1. The molecule has 1 heterocycles. The number of rotatable bonds is 8. The van der Waals surface area contributed by atoms with E-state index >= 15 is 0 Å². The molecule has 0 radical (unpaired) electrons. The molecule has 1 aromatic rings. The number of sulfonamides is 1. The first kappa shape index (κ1) is 20.7. The minimum absolute atomic E-state index is 0.0111. The third-order valence-corrected chi connectivity index (χ3v) is 6.39. The summed E-state index contributed by atoms with van der Waals surface area (Å²) in [6.07, 6.45) is 2.80. The monoisotopic (exact) mass is 382 g/mol. The Hall–Kier alpha value is -1.60. The van der Waals surface area contributed by atoms with Gasteiger partial charge in [0.25, 0.3) is 5.91 Å². The van der Waals surface area contributed by atoms with Gasteiger partial charge in [-0.1, -0.05) is 25.5 Å². The van der Waals surface area contributed by atoms with Gasteiger partial charge in [0, 0.05) is 19.1 Å². The Labute approximate surface area is 157 Å². The van der Waals surface area contributed by atoms with Crippen LogP contribution in [0.1, 0.15) is 43.7 Å². The molecule has 1 amide bonds. The number of aryl methyl sites for hydroxylation is 1. The first-order valence-electron chi connectivity index (χ1n) is 9.29. The zero-order valence-corrected chi connectivity index (χ0v) is 16.8. The molecule has 1 aromatic carbocycles. The molecule has 0 unspecified atom stereocenters. The van der Waals surface area contributed by atoms with Gasteiger partial charge in [0.05, 0.1) is 5.75 Å². The van der Waals surface area contributed by atoms with E-state index < -0.39 is 10.0 Å². The van der Waals surface area contributed by atoms with Crippen molar-refractivity contribution in [3.05, 3.63) is 29.3 Å². The largest absolute Gasteiger partial charge is 0.483 e. The standard InChI is InChI=1S/C19H30N2O4S/c1-4-5-13-26(23,24)20-17-9-11-21(12-10-17)19(22)14-25-18-8-6-7-15(2)16(18)3/h6-8,17,20H,4-5,9-14H2,1-3H3. The van der Waals surface area contributed by atoms with Crippen molar-refractivity contribution in [3.63, 3.8) is 0 Å². The van der Waals surface area contributed by atoms with Crippen LogP contribution in [0.15, 0.2) is 18.2 Å². The number of nitrogens with zero attached hydrogens (tertiary/aromatic N) is 1. The maximum absolute atomic E-state index is 12.4. The number of hydrogen-bond donors (Lipinski definition) is 1. The van der Waals surface area contributed by atoms with E-state index in [0.717, 1.165) is 23.3 Å². The SMILES string of the molecule is CCCCS(=O)(=O)NC1CCN(C(=O)COc2cccc(C)c2C)CC1. The van der Waals surface area contributed by atoms with Crippen molar-refractivity contribution in [3.8, 4) is 5.75 Å². The van der Waals surface area contributed by atoms with Gasteiger partial charge in [-0.15, -0.1) is 0 Å². The maximum Gasteiger partial charge on any atom is 0.260 e. The molecule has 0 aliphatic carbocycles. The van der Waals surface area contributed by atoms with E-state index in [4.69, 9.17) is 4.74 Å². The molecule has 1 saturated heterocycles. The van der Waals surface area contributed by atoms with Crippen LogP contribution in [0.2, 0.25) is 0 Å². The summed E-state index contributed by atoms with van der Waals surface area (Å²) in [6, 6.07) is 5.71. The fraction of sp³-hybridized carbons (Fsp3) is 0.632. The summed E-state index contributed by atoms with van der Waals surface area (Å²) in [5.74, 6) is 0.849. The van der Waals surface area contributed by atoms with Crippen molar-refractivity contribution in [2.45, 2.75) is 52.5 Å². The van der Waals surface area contributed by atoms with Gasteiger partial charge in [-0.05, 0) is 50.3 Å². The number of nitrogens with one attached hydrogen (secondary N) is 1. The van der Waals surface area contributed by atoms with Gasteiger partial charge in [-0.2, -0.15) is 0 Å². The third-order valence-electron chi connectivity index (χ3n) is 4.87. The summed E-state index contributed by atoms with van der Waals surface area (Å²) >= 11 is 0. The van der Waals surface area contributed by atoms with Gasteiger partial charge in [0.2, 0.25) is 10.0 Å². The molecule has 146 valence electrons. The highest BCUT2D eigenvalue weighted by atomic mass is 32.2.